The van der Waals surface area contributed by atoms with Gasteiger partial charge in [-0.3, -0.25) is 4.79 Å². The summed E-state index contributed by atoms with van der Waals surface area (Å²) in [5.41, 5.74) is 1.03. The molecule has 0 amide bonds. The molecule has 17 heavy (non-hydrogen) atoms. The molecule has 1 aromatic carbocycles. The predicted octanol–water partition coefficient (Wildman–Crippen LogP) is 3.04. The number of halogens is 2. The number of esters is 1. The highest BCUT2D eigenvalue weighted by Gasteiger charge is 2.00. The summed E-state index contributed by atoms with van der Waals surface area (Å²) in [5.74, 6) is -0.183. The molecule has 0 fully saturated rings. The molecular formula is C12H15Cl2NO2. The first-order valence-electron chi connectivity index (χ1n) is 5.34. The molecule has 94 valence electrons. The maximum Gasteiger partial charge on any atom is 0.305 e. The molecule has 0 atom stereocenters. The van der Waals surface area contributed by atoms with Crippen LogP contribution in [-0.4, -0.2) is 19.6 Å². The lowest BCUT2D eigenvalue weighted by atomic mass is 10.2. The quantitative estimate of drug-likeness (QED) is 0.641. The first-order chi connectivity index (χ1) is 8.11. The molecule has 0 heterocycles. The van der Waals surface area contributed by atoms with Crippen molar-refractivity contribution in [1.29, 1.82) is 0 Å². The van der Waals surface area contributed by atoms with Crippen LogP contribution in [-0.2, 0) is 16.1 Å². The molecule has 0 aliphatic carbocycles. The molecule has 0 aliphatic rings. The van der Waals surface area contributed by atoms with Crippen LogP contribution < -0.4 is 5.32 Å². The Labute approximate surface area is 111 Å². The summed E-state index contributed by atoms with van der Waals surface area (Å²) in [6, 6.07) is 5.42. The SMILES string of the molecule is COC(=O)CCCNCc1cc(Cl)cc(Cl)c1. The van der Waals surface area contributed by atoms with E-state index in [0.29, 0.717) is 23.0 Å². The van der Waals surface area contributed by atoms with Crippen LogP contribution in [0.1, 0.15) is 18.4 Å². The maximum atomic E-state index is 10.8. The van der Waals surface area contributed by atoms with E-state index < -0.39 is 0 Å². The van der Waals surface area contributed by atoms with Gasteiger partial charge < -0.3 is 10.1 Å². The highest BCUT2D eigenvalue weighted by molar-refractivity contribution is 6.34. The number of hydrogen-bond acceptors (Lipinski definition) is 3. The Hall–Kier alpha value is -0.770. The zero-order chi connectivity index (χ0) is 12.7. The summed E-state index contributed by atoms with van der Waals surface area (Å²) in [4.78, 5) is 10.8. The lowest BCUT2D eigenvalue weighted by Crippen LogP contribution is -2.16. The summed E-state index contributed by atoms with van der Waals surface area (Å²) >= 11 is 11.8. The first-order valence-corrected chi connectivity index (χ1v) is 6.10. The van der Waals surface area contributed by atoms with Crippen molar-refractivity contribution in [3.63, 3.8) is 0 Å². The van der Waals surface area contributed by atoms with Gasteiger partial charge in [0.1, 0.15) is 0 Å². The van der Waals surface area contributed by atoms with Crippen LogP contribution in [0.15, 0.2) is 18.2 Å². The van der Waals surface area contributed by atoms with Crippen LogP contribution in [0.3, 0.4) is 0 Å². The second-order valence-corrected chi connectivity index (χ2v) is 4.51. The van der Waals surface area contributed by atoms with Crippen LogP contribution in [0.4, 0.5) is 0 Å². The first kappa shape index (κ1) is 14.3. The van der Waals surface area contributed by atoms with Crippen molar-refractivity contribution < 1.29 is 9.53 Å². The van der Waals surface area contributed by atoms with Gasteiger partial charge in [0.05, 0.1) is 7.11 Å². The van der Waals surface area contributed by atoms with Crippen molar-refractivity contribution in [3.05, 3.63) is 33.8 Å². The molecule has 0 unspecified atom stereocenters. The van der Waals surface area contributed by atoms with Gasteiger partial charge in [0.25, 0.3) is 0 Å². The number of methoxy groups -OCH3 is 1. The highest BCUT2D eigenvalue weighted by atomic mass is 35.5. The number of rotatable bonds is 6. The number of carbonyl (C=O) groups excluding carboxylic acids is 1. The second-order valence-electron chi connectivity index (χ2n) is 3.63. The molecule has 0 radical (unpaired) electrons. The van der Waals surface area contributed by atoms with Crippen LogP contribution in [0.5, 0.6) is 0 Å². The number of carbonyl (C=O) groups is 1. The van der Waals surface area contributed by atoms with Gasteiger partial charge >= 0.3 is 5.97 Å². The average Bonchev–Trinajstić information content (AvgIpc) is 2.27. The van der Waals surface area contributed by atoms with Crippen molar-refractivity contribution in [3.8, 4) is 0 Å². The Kier molecular flexibility index (Phi) is 6.34. The lowest BCUT2D eigenvalue weighted by molar-refractivity contribution is -0.140. The molecule has 5 heteroatoms. The summed E-state index contributed by atoms with van der Waals surface area (Å²) in [6.07, 6.45) is 1.18. The highest BCUT2D eigenvalue weighted by Crippen LogP contribution is 2.18. The van der Waals surface area contributed by atoms with Gasteiger partial charge in [-0.2, -0.15) is 0 Å². The molecule has 1 rings (SSSR count). The zero-order valence-corrected chi connectivity index (χ0v) is 11.1. The molecular weight excluding hydrogens is 261 g/mol. The third-order valence-corrected chi connectivity index (χ3v) is 2.65. The molecule has 0 aromatic heterocycles. The number of ether oxygens (including phenoxy) is 1. The standard InChI is InChI=1S/C12H15Cl2NO2/c1-17-12(16)3-2-4-15-8-9-5-10(13)7-11(14)6-9/h5-7,15H,2-4,8H2,1H3. The molecule has 0 saturated heterocycles. The normalized spacial score (nSPS) is 10.3. The maximum absolute atomic E-state index is 10.8. The summed E-state index contributed by atoms with van der Waals surface area (Å²) in [7, 11) is 1.39. The Balaban J connectivity index is 2.24. The molecule has 0 bridgehead atoms. The smallest absolute Gasteiger partial charge is 0.305 e. The Morgan fingerprint density at radius 3 is 2.53 bits per heavy atom. The van der Waals surface area contributed by atoms with E-state index in [-0.39, 0.29) is 5.97 Å². The van der Waals surface area contributed by atoms with Gasteiger partial charge in [0, 0.05) is 23.0 Å². The number of benzene rings is 1. The third kappa shape index (κ3) is 5.91. The molecule has 1 aromatic rings. The molecule has 0 spiro atoms. The number of hydrogen-bond donors (Lipinski definition) is 1. The van der Waals surface area contributed by atoms with Gasteiger partial charge in [-0.05, 0) is 36.7 Å². The van der Waals surface area contributed by atoms with Crippen molar-refractivity contribution >= 4 is 29.2 Å². The lowest BCUT2D eigenvalue weighted by Gasteiger charge is -2.05. The summed E-state index contributed by atoms with van der Waals surface area (Å²) in [5, 5.41) is 4.47. The second kappa shape index (κ2) is 7.54. The van der Waals surface area contributed by atoms with Crippen LogP contribution >= 0.6 is 23.2 Å². The third-order valence-electron chi connectivity index (χ3n) is 2.21. The molecule has 0 aliphatic heterocycles. The minimum absolute atomic E-state index is 0.183. The van der Waals surface area contributed by atoms with E-state index in [9.17, 15) is 4.79 Å². The van der Waals surface area contributed by atoms with Crippen molar-refractivity contribution in [1.82, 2.24) is 5.32 Å². The Morgan fingerprint density at radius 2 is 1.94 bits per heavy atom. The van der Waals surface area contributed by atoms with Crippen molar-refractivity contribution in [2.75, 3.05) is 13.7 Å². The number of nitrogens with one attached hydrogen (secondary N) is 1. The fourth-order valence-electron chi connectivity index (χ4n) is 1.41. The average molecular weight is 276 g/mol. The largest absolute Gasteiger partial charge is 0.469 e. The summed E-state index contributed by atoms with van der Waals surface area (Å²) < 4.78 is 4.54. The van der Waals surface area contributed by atoms with E-state index in [1.807, 2.05) is 12.1 Å². The van der Waals surface area contributed by atoms with E-state index in [2.05, 4.69) is 10.1 Å². The fourth-order valence-corrected chi connectivity index (χ4v) is 1.98. The topological polar surface area (TPSA) is 38.3 Å². The minimum Gasteiger partial charge on any atom is -0.469 e. The molecule has 3 nitrogen and oxygen atoms in total. The van der Waals surface area contributed by atoms with Gasteiger partial charge in [0.15, 0.2) is 0 Å². The monoisotopic (exact) mass is 275 g/mol. The van der Waals surface area contributed by atoms with Crippen LogP contribution in [0.25, 0.3) is 0 Å². The van der Waals surface area contributed by atoms with E-state index in [1.165, 1.54) is 7.11 Å². The van der Waals surface area contributed by atoms with Gasteiger partial charge in [-0.15, -0.1) is 0 Å². The van der Waals surface area contributed by atoms with Gasteiger partial charge in [-0.25, -0.2) is 0 Å². The van der Waals surface area contributed by atoms with E-state index in [4.69, 9.17) is 23.2 Å². The molecule has 1 N–H and O–H groups in total. The van der Waals surface area contributed by atoms with E-state index in [1.54, 1.807) is 6.07 Å². The van der Waals surface area contributed by atoms with Crippen LogP contribution in [0.2, 0.25) is 10.0 Å². The van der Waals surface area contributed by atoms with E-state index >= 15 is 0 Å². The van der Waals surface area contributed by atoms with E-state index in [0.717, 1.165) is 18.5 Å². The fraction of sp³-hybridized carbons (Fsp3) is 0.417. The van der Waals surface area contributed by atoms with Crippen LogP contribution in [0, 0.1) is 0 Å². The summed E-state index contributed by atoms with van der Waals surface area (Å²) in [6.45, 7) is 1.43. The van der Waals surface area contributed by atoms with Crippen molar-refractivity contribution in [2.45, 2.75) is 19.4 Å². The zero-order valence-electron chi connectivity index (χ0n) is 9.63. The van der Waals surface area contributed by atoms with Gasteiger partial charge in [0.2, 0.25) is 0 Å². The Bertz CT molecular complexity index is 363. The predicted molar refractivity (Wildman–Crippen MR) is 69.4 cm³/mol. The van der Waals surface area contributed by atoms with Gasteiger partial charge in [-0.1, -0.05) is 23.2 Å². The molecule has 0 saturated carbocycles. The minimum atomic E-state index is -0.183. The Morgan fingerprint density at radius 1 is 1.29 bits per heavy atom. The van der Waals surface area contributed by atoms with Crippen molar-refractivity contribution in [2.24, 2.45) is 0 Å².